The topological polar surface area (TPSA) is 26.0 Å². The molecule has 0 bridgehead atoms. The first kappa shape index (κ1) is 9.55. The Morgan fingerprint density at radius 2 is 2.15 bits per heavy atom. The van der Waals surface area contributed by atoms with Gasteiger partial charge < -0.3 is 5.73 Å². The van der Waals surface area contributed by atoms with E-state index in [9.17, 15) is 8.78 Å². The van der Waals surface area contributed by atoms with E-state index < -0.39 is 11.5 Å². The Labute approximate surface area is 87.1 Å². The maximum Gasteiger partial charge on any atom is 0.273 e. The molecule has 2 N–H and O–H groups in total. The van der Waals surface area contributed by atoms with Gasteiger partial charge in [0.2, 0.25) is 0 Å². The standard InChI is InChI=1S/C8H8BrF2NS/c1-4-2-13-6(5(4)9)7(12)3-8(7,10)11/h2H,3,12H2,1H3. The first-order valence-corrected chi connectivity index (χ1v) is 5.46. The van der Waals surface area contributed by atoms with Crippen molar-refractivity contribution in [3.8, 4) is 0 Å². The van der Waals surface area contributed by atoms with Crippen molar-refractivity contribution in [2.75, 3.05) is 0 Å². The smallest absolute Gasteiger partial charge is 0.273 e. The Morgan fingerprint density at radius 1 is 1.62 bits per heavy atom. The SMILES string of the molecule is Cc1csc(C2(N)CC2(F)F)c1Br. The molecule has 1 aromatic rings. The Balaban J connectivity index is 2.44. The second kappa shape index (κ2) is 2.52. The lowest BCUT2D eigenvalue weighted by Gasteiger charge is -2.08. The summed E-state index contributed by atoms with van der Waals surface area (Å²) in [5, 5.41) is 1.84. The number of nitrogens with two attached hydrogens (primary N) is 1. The van der Waals surface area contributed by atoms with Crippen molar-refractivity contribution in [3.63, 3.8) is 0 Å². The van der Waals surface area contributed by atoms with Crippen LogP contribution in [0.3, 0.4) is 0 Å². The van der Waals surface area contributed by atoms with E-state index in [0.29, 0.717) is 4.88 Å². The Bertz CT molecular complexity index is 363. The summed E-state index contributed by atoms with van der Waals surface area (Å²) in [6.45, 7) is 1.87. The van der Waals surface area contributed by atoms with Crippen molar-refractivity contribution in [3.05, 3.63) is 20.3 Å². The molecule has 1 aromatic heterocycles. The minimum absolute atomic E-state index is 0.238. The molecular formula is C8H8BrF2NS. The molecule has 0 spiro atoms. The van der Waals surface area contributed by atoms with Crippen LogP contribution < -0.4 is 5.73 Å². The predicted octanol–water partition coefficient (Wildman–Crippen LogP) is 3.01. The summed E-state index contributed by atoms with van der Waals surface area (Å²) in [5.41, 5.74) is 5.14. The predicted molar refractivity (Wildman–Crippen MR) is 52.2 cm³/mol. The zero-order chi connectivity index (χ0) is 9.85. The Morgan fingerprint density at radius 3 is 2.46 bits per heavy atom. The number of thiophene rings is 1. The van der Waals surface area contributed by atoms with Crippen LogP contribution in [0.1, 0.15) is 16.9 Å². The van der Waals surface area contributed by atoms with E-state index in [0.717, 1.165) is 10.0 Å². The van der Waals surface area contributed by atoms with Gasteiger partial charge in [-0.25, -0.2) is 8.78 Å². The summed E-state index contributed by atoms with van der Waals surface area (Å²) in [6, 6.07) is 0. The minimum atomic E-state index is -2.73. The van der Waals surface area contributed by atoms with E-state index in [1.807, 2.05) is 12.3 Å². The fourth-order valence-electron chi connectivity index (χ4n) is 1.28. The quantitative estimate of drug-likeness (QED) is 0.832. The van der Waals surface area contributed by atoms with Crippen LogP contribution in [0.5, 0.6) is 0 Å². The molecule has 1 saturated carbocycles. The van der Waals surface area contributed by atoms with E-state index in [2.05, 4.69) is 15.9 Å². The highest BCUT2D eigenvalue weighted by Gasteiger charge is 2.71. The Kier molecular flexibility index (Phi) is 1.85. The molecule has 1 aliphatic carbocycles. The molecule has 1 atom stereocenters. The lowest BCUT2D eigenvalue weighted by Crippen LogP contribution is -2.26. The van der Waals surface area contributed by atoms with Gasteiger partial charge in [-0.1, -0.05) is 0 Å². The van der Waals surface area contributed by atoms with Crippen LogP contribution in [0.2, 0.25) is 0 Å². The number of hydrogen-bond acceptors (Lipinski definition) is 2. The highest BCUT2D eigenvalue weighted by atomic mass is 79.9. The van der Waals surface area contributed by atoms with Gasteiger partial charge in [-0.3, -0.25) is 0 Å². The molecule has 0 aliphatic heterocycles. The van der Waals surface area contributed by atoms with E-state index in [1.165, 1.54) is 11.3 Å². The number of hydrogen-bond donors (Lipinski definition) is 1. The zero-order valence-electron chi connectivity index (χ0n) is 6.90. The molecule has 2 rings (SSSR count). The molecule has 1 fully saturated rings. The number of aryl methyl sites for hydroxylation is 1. The summed E-state index contributed by atoms with van der Waals surface area (Å²) in [5.74, 6) is -2.73. The molecule has 72 valence electrons. The van der Waals surface area contributed by atoms with Gasteiger partial charge in [0.05, 0.1) is 0 Å². The highest BCUT2D eigenvalue weighted by molar-refractivity contribution is 9.10. The van der Waals surface area contributed by atoms with Gasteiger partial charge in [-0.2, -0.15) is 0 Å². The third kappa shape index (κ3) is 1.17. The van der Waals surface area contributed by atoms with Gasteiger partial charge in [0, 0.05) is 15.8 Å². The monoisotopic (exact) mass is 267 g/mol. The van der Waals surface area contributed by atoms with E-state index in [-0.39, 0.29) is 6.42 Å². The van der Waals surface area contributed by atoms with Gasteiger partial charge in [-0.15, -0.1) is 11.3 Å². The van der Waals surface area contributed by atoms with Crippen molar-refractivity contribution in [1.82, 2.24) is 0 Å². The van der Waals surface area contributed by atoms with Crippen LogP contribution in [-0.4, -0.2) is 5.92 Å². The van der Waals surface area contributed by atoms with Gasteiger partial charge in [0.25, 0.3) is 5.92 Å². The second-order valence-electron chi connectivity index (χ2n) is 3.41. The molecule has 1 heterocycles. The van der Waals surface area contributed by atoms with Crippen molar-refractivity contribution >= 4 is 27.3 Å². The first-order valence-electron chi connectivity index (χ1n) is 3.79. The van der Waals surface area contributed by atoms with Crippen molar-refractivity contribution in [2.45, 2.75) is 24.8 Å². The number of halogens is 3. The molecule has 0 radical (unpaired) electrons. The molecule has 0 saturated heterocycles. The van der Waals surface area contributed by atoms with Crippen molar-refractivity contribution in [2.24, 2.45) is 5.73 Å². The summed E-state index contributed by atoms with van der Waals surface area (Å²) < 4.78 is 26.6. The second-order valence-corrected chi connectivity index (χ2v) is 5.09. The molecule has 0 amide bonds. The molecular weight excluding hydrogens is 260 g/mol. The van der Waals surface area contributed by atoms with Gasteiger partial charge in [-0.05, 0) is 33.8 Å². The third-order valence-corrected chi connectivity index (χ3v) is 4.89. The van der Waals surface area contributed by atoms with Crippen LogP contribution in [0.4, 0.5) is 8.78 Å². The largest absolute Gasteiger partial charge is 0.316 e. The minimum Gasteiger partial charge on any atom is -0.316 e. The summed E-state index contributed by atoms with van der Waals surface area (Å²) >= 11 is 4.57. The van der Waals surface area contributed by atoms with Crippen LogP contribution in [0.25, 0.3) is 0 Å². The van der Waals surface area contributed by atoms with Gasteiger partial charge >= 0.3 is 0 Å². The summed E-state index contributed by atoms with van der Waals surface area (Å²) in [6.07, 6.45) is -0.238. The average molecular weight is 268 g/mol. The van der Waals surface area contributed by atoms with Gasteiger partial charge in [0.15, 0.2) is 0 Å². The molecule has 13 heavy (non-hydrogen) atoms. The maximum absolute atomic E-state index is 12.9. The van der Waals surface area contributed by atoms with Gasteiger partial charge in [0.1, 0.15) is 5.54 Å². The average Bonchev–Trinajstić information content (AvgIpc) is 2.35. The fraction of sp³-hybridized carbons (Fsp3) is 0.500. The zero-order valence-corrected chi connectivity index (χ0v) is 9.31. The van der Waals surface area contributed by atoms with Crippen LogP contribution in [0.15, 0.2) is 9.85 Å². The lowest BCUT2D eigenvalue weighted by molar-refractivity contribution is 0.0898. The molecule has 5 heteroatoms. The summed E-state index contributed by atoms with van der Waals surface area (Å²) in [4.78, 5) is 0.565. The van der Waals surface area contributed by atoms with E-state index in [4.69, 9.17) is 5.73 Å². The lowest BCUT2D eigenvalue weighted by atomic mass is 10.2. The Hall–Kier alpha value is -0.0000000000000000555. The third-order valence-electron chi connectivity index (χ3n) is 2.33. The molecule has 1 unspecified atom stereocenters. The summed E-state index contributed by atoms with van der Waals surface area (Å²) in [7, 11) is 0. The normalized spacial score (nSPS) is 30.5. The fourth-order valence-corrected chi connectivity index (χ4v) is 3.29. The van der Waals surface area contributed by atoms with Crippen LogP contribution in [-0.2, 0) is 5.54 Å². The van der Waals surface area contributed by atoms with Crippen molar-refractivity contribution < 1.29 is 8.78 Å². The van der Waals surface area contributed by atoms with Crippen molar-refractivity contribution in [1.29, 1.82) is 0 Å². The number of alkyl halides is 2. The van der Waals surface area contributed by atoms with Crippen LogP contribution >= 0.6 is 27.3 Å². The first-order chi connectivity index (χ1) is 5.88. The van der Waals surface area contributed by atoms with E-state index in [1.54, 1.807) is 0 Å². The van der Waals surface area contributed by atoms with Crippen LogP contribution in [0, 0.1) is 6.92 Å². The molecule has 0 aromatic carbocycles. The highest BCUT2D eigenvalue weighted by Crippen LogP contribution is 2.60. The number of rotatable bonds is 1. The van der Waals surface area contributed by atoms with E-state index >= 15 is 0 Å². The molecule has 1 nitrogen and oxygen atoms in total. The maximum atomic E-state index is 12.9. The molecule has 1 aliphatic rings.